The first-order valence-corrected chi connectivity index (χ1v) is 6.65. The van der Waals surface area contributed by atoms with Crippen LogP contribution in [0.5, 0.6) is 5.88 Å². The van der Waals surface area contributed by atoms with Crippen molar-refractivity contribution in [1.29, 1.82) is 0 Å². The number of aryl methyl sites for hydroxylation is 2. The lowest BCUT2D eigenvalue weighted by Gasteiger charge is -2.17. The van der Waals surface area contributed by atoms with Crippen molar-refractivity contribution in [2.24, 2.45) is 0 Å². The number of nitrogens with zero attached hydrogens (tertiary/aromatic N) is 1. The maximum atomic E-state index is 11.3. The Morgan fingerprint density at radius 1 is 1.40 bits per heavy atom. The van der Waals surface area contributed by atoms with Crippen molar-refractivity contribution in [3.05, 3.63) is 47.0 Å². The highest BCUT2D eigenvalue weighted by Gasteiger charge is 2.20. The summed E-state index contributed by atoms with van der Waals surface area (Å²) >= 11 is 0. The lowest BCUT2D eigenvalue weighted by Crippen LogP contribution is -2.12. The molecule has 3 rings (SSSR count). The van der Waals surface area contributed by atoms with Crippen LogP contribution in [0.1, 0.15) is 40.2 Å². The molecule has 5 nitrogen and oxygen atoms in total. The molecule has 20 heavy (non-hydrogen) atoms. The Kier molecular flexibility index (Phi) is 3.41. The summed E-state index contributed by atoms with van der Waals surface area (Å²) in [4.78, 5) is 15.7. The summed E-state index contributed by atoms with van der Waals surface area (Å²) in [6.45, 7) is 0.180. The van der Waals surface area contributed by atoms with Crippen LogP contribution < -0.4 is 4.74 Å². The van der Waals surface area contributed by atoms with Crippen molar-refractivity contribution in [3.63, 3.8) is 0 Å². The third-order valence-corrected chi connectivity index (χ3v) is 3.43. The average Bonchev–Trinajstić information content (AvgIpc) is 2.97. The summed E-state index contributed by atoms with van der Waals surface area (Å²) in [7, 11) is 0. The molecule has 0 atom stereocenters. The van der Waals surface area contributed by atoms with Crippen molar-refractivity contribution in [3.8, 4) is 5.88 Å². The minimum absolute atomic E-state index is 0.122. The number of hydrogen-bond donors (Lipinski definition) is 1. The molecule has 0 aromatic carbocycles. The van der Waals surface area contributed by atoms with Gasteiger partial charge in [-0.05, 0) is 49.4 Å². The number of pyridine rings is 1. The molecule has 5 heteroatoms. The van der Waals surface area contributed by atoms with Gasteiger partial charge in [-0.1, -0.05) is 0 Å². The second kappa shape index (κ2) is 5.36. The van der Waals surface area contributed by atoms with Gasteiger partial charge in [0.25, 0.3) is 0 Å². The van der Waals surface area contributed by atoms with Gasteiger partial charge in [-0.2, -0.15) is 0 Å². The van der Waals surface area contributed by atoms with Crippen molar-refractivity contribution in [2.75, 3.05) is 0 Å². The number of hydrogen-bond acceptors (Lipinski definition) is 4. The summed E-state index contributed by atoms with van der Waals surface area (Å²) in [6, 6.07) is 5.23. The topological polar surface area (TPSA) is 72.6 Å². The predicted molar refractivity (Wildman–Crippen MR) is 70.9 cm³/mol. The highest BCUT2D eigenvalue weighted by molar-refractivity contribution is 5.90. The maximum Gasteiger partial charge on any atom is 0.341 e. The normalized spacial score (nSPS) is 13.8. The Hall–Kier alpha value is -2.30. The van der Waals surface area contributed by atoms with Gasteiger partial charge in [-0.25, -0.2) is 9.78 Å². The van der Waals surface area contributed by atoms with E-state index in [1.54, 1.807) is 24.5 Å². The van der Waals surface area contributed by atoms with Crippen LogP contribution in [0.2, 0.25) is 0 Å². The number of ether oxygens (including phenoxy) is 1. The molecule has 104 valence electrons. The molecule has 0 aliphatic heterocycles. The fraction of sp³-hybridized carbons (Fsp3) is 0.333. The number of aromatic nitrogens is 1. The van der Waals surface area contributed by atoms with E-state index in [1.807, 2.05) is 0 Å². The van der Waals surface area contributed by atoms with E-state index >= 15 is 0 Å². The Morgan fingerprint density at radius 3 is 3.00 bits per heavy atom. The summed E-state index contributed by atoms with van der Waals surface area (Å²) in [5, 5.41) is 9.28. The molecule has 0 bridgehead atoms. The number of furan rings is 1. The first-order chi connectivity index (χ1) is 9.74. The molecule has 2 aromatic rings. The quantitative estimate of drug-likeness (QED) is 0.927. The fourth-order valence-corrected chi connectivity index (χ4v) is 2.41. The lowest BCUT2D eigenvalue weighted by atomic mass is 9.95. The molecule has 0 amide bonds. The van der Waals surface area contributed by atoms with E-state index in [1.165, 1.54) is 0 Å². The van der Waals surface area contributed by atoms with Crippen molar-refractivity contribution in [1.82, 2.24) is 4.98 Å². The number of fused-ring (bicyclic) bond motifs is 1. The first-order valence-electron chi connectivity index (χ1n) is 6.65. The molecular weight excluding hydrogens is 258 g/mol. The van der Waals surface area contributed by atoms with Crippen LogP contribution in [0.25, 0.3) is 0 Å². The van der Waals surface area contributed by atoms with Gasteiger partial charge in [-0.3, -0.25) is 0 Å². The SMILES string of the molecule is O=C(O)c1cc2c(nc1OCc1ccco1)CCCC2. The summed E-state index contributed by atoms with van der Waals surface area (Å²) in [5.41, 5.74) is 2.10. The van der Waals surface area contributed by atoms with Gasteiger partial charge in [0.05, 0.1) is 6.26 Å². The summed E-state index contributed by atoms with van der Waals surface area (Å²) in [5.74, 6) is -0.198. The standard InChI is InChI=1S/C15H15NO4/c17-15(18)12-8-10-4-1-2-6-13(10)16-14(12)20-9-11-5-3-7-19-11/h3,5,7-8H,1-2,4,6,9H2,(H,17,18). The van der Waals surface area contributed by atoms with Gasteiger partial charge >= 0.3 is 5.97 Å². The van der Waals surface area contributed by atoms with Crippen LogP contribution in [0.3, 0.4) is 0 Å². The molecule has 2 aromatic heterocycles. The molecule has 0 unspecified atom stereocenters. The zero-order valence-electron chi connectivity index (χ0n) is 11.0. The van der Waals surface area contributed by atoms with Gasteiger partial charge in [0.15, 0.2) is 0 Å². The van der Waals surface area contributed by atoms with Crippen molar-refractivity contribution >= 4 is 5.97 Å². The average molecular weight is 273 g/mol. The molecular formula is C15H15NO4. The second-order valence-electron chi connectivity index (χ2n) is 4.83. The van der Waals surface area contributed by atoms with E-state index in [4.69, 9.17) is 9.15 Å². The van der Waals surface area contributed by atoms with Crippen LogP contribution in [0.15, 0.2) is 28.9 Å². The zero-order valence-corrected chi connectivity index (χ0v) is 11.0. The number of carboxylic acids is 1. The van der Waals surface area contributed by atoms with E-state index in [0.29, 0.717) is 5.76 Å². The molecule has 1 aliphatic carbocycles. The number of carbonyl (C=O) groups is 1. The highest BCUT2D eigenvalue weighted by atomic mass is 16.5. The summed E-state index contributed by atoms with van der Waals surface area (Å²) < 4.78 is 10.7. The second-order valence-corrected chi connectivity index (χ2v) is 4.83. The third kappa shape index (κ3) is 2.52. The van der Waals surface area contributed by atoms with Crippen LogP contribution in [0.4, 0.5) is 0 Å². The Bertz CT molecular complexity index is 619. The van der Waals surface area contributed by atoms with Gasteiger partial charge in [-0.15, -0.1) is 0 Å². The van der Waals surface area contributed by atoms with Crippen LogP contribution >= 0.6 is 0 Å². The minimum atomic E-state index is -1.01. The Labute approximate surface area is 116 Å². The van der Waals surface area contributed by atoms with Gasteiger partial charge in [0, 0.05) is 5.69 Å². The van der Waals surface area contributed by atoms with E-state index in [9.17, 15) is 9.90 Å². The van der Waals surface area contributed by atoms with Gasteiger partial charge in [0.2, 0.25) is 5.88 Å². The largest absolute Gasteiger partial charge is 0.477 e. The van der Waals surface area contributed by atoms with Gasteiger partial charge < -0.3 is 14.3 Å². The Morgan fingerprint density at radius 2 is 2.25 bits per heavy atom. The lowest BCUT2D eigenvalue weighted by molar-refractivity contribution is 0.0689. The zero-order chi connectivity index (χ0) is 13.9. The van der Waals surface area contributed by atoms with E-state index in [0.717, 1.165) is 36.9 Å². The van der Waals surface area contributed by atoms with Crippen molar-refractivity contribution in [2.45, 2.75) is 32.3 Å². The van der Waals surface area contributed by atoms with Gasteiger partial charge in [0.1, 0.15) is 17.9 Å². The number of carboxylic acid groups (broad SMARTS) is 1. The van der Waals surface area contributed by atoms with E-state index in [2.05, 4.69) is 4.98 Å². The molecule has 1 N–H and O–H groups in total. The van der Waals surface area contributed by atoms with Crippen LogP contribution in [-0.4, -0.2) is 16.1 Å². The minimum Gasteiger partial charge on any atom is -0.477 e. The van der Waals surface area contributed by atoms with Crippen molar-refractivity contribution < 1.29 is 19.1 Å². The molecule has 0 spiro atoms. The summed E-state index contributed by atoms with van der Waals surface area (Å²) in [6.07, 6.45) is 5.49. The maximum absolute atomic E-state index is 11.3. The third-order valence-electron chi connectivity index (χ3n) is 3.43. The number of aromatic carboxylic acids is 1. The molecule has 2 heterocycles. The molecule has 0 fully saturated rings. The highest BCUT2D eigenvalue weighted by Crippen LogP contribution is 2.26. The number of rotatable bonds is 4. The predicted octanol–water partition coefficient (Wildman–Crippen LogP) is 2.83. The Balaban J connectivity index is 1.89. The molecule has 0 saturated heterocycles. The molecule has 1 aliphatic rings. The molecule has 0 saturated carbocycles. The van der Waals surface area contributed by atoms with Crippen LogP contribution in [-0.2, 0) is 19.4 Å². The van der Waals surface area contributed by atoms with E-state index in [-0.39, 0.29) is 18.1 Å². The smallest absolute Gasteiger partial charge is 0.341 e. The van der Waals surface area contributed by atoms with Crippen LogP contribution in [0, 0.1) is 0 Å². The first kappa shape index (κ1) is 12.7. The monoisotopic (exact) mass is 273 g/mol. The fourth-order valence-electron chi connectivity index (χ4n) is 2.41. The van der Waals surface area contributed by atoms with E-state index < -0.39 is 5.97 Å². The molecule has 0 radical (unpaired) electrons.